The Kier molecular flexibility index (Phi) is 4.31. The fourth-order valence-corrected chi connectivity index (χ4v) is 8.98. The van der Waals surface area contributed by atoms with Crippen molar-refractivity contribution in [2.24, 2.45) is 58.2 Å². The van der Waals surface area contributed by atoms with Crippen LogP contribution in [0.2, 0.25) is 0 Å². The number of hydrogen-bond acceptors (Lipinski definition) is 1. The van der Waals surface area contributed by atoms with Gasteiger partial charge < -0.3 is 0 Å². The molecule has 4 saturated carbocycles. The molecule has 0 aromatic carbocycles. The zero-order valence-electron chi connectivity index (χ0n) is 17.0. The molecule has 4 rings (SSSR count). The number of alkyl halides is 1. The van der Waals surface area contributed by atoms with Gasteiger partial charge in [-0.1, -0.05) is 63.9 Å². The van der Waals surface area contributed by atoms with Crippen LogP contribution >= 0.6 is 15.9 Å². The standard InChI is InChI=1S/C23H37BrO/c1-22(2,3)19-17-13-9-7-8-12-15(24)11-10-14(16(12)13)18(17)20(21(19)25)23(4,5)6/h12-20H,7-11H2,1-6H3. The first-order valence-corrected chi connectivity index (χ1v) is 11.6. The fraction of sp³-hybridized carbons (Fsp3) is 0.957. The van der Waals surface area contributed by atoms with Gasteiger partial charge in [0.1, 0.15) is 5.78 Å². The Labute approximate surface area is 163 Å². The predicted molar refractivity (Wildman–Crippen MR) is 108 cm³/mol. The Bertz CT molecular complexity index is 521. The number of fused-ring (bicyclic) bond motifs is 3. The van der Waals surface area contributed by atoms with Gasteiger partial charge in [0.2, 0.25) is 0 Å². The topological polar surface area (TPSA) is 17.1 Å². The summed E-state index contributed by atoms with van der Waals surface area (Å²) in [4.78, 5) is 14.4. The smallest absolute Gasteiger partial charge is 0.140 e. The summed E-state index contributed by atoms with van der Waals surface area (Å²) >= 11 is 4.05. The van der Waals surface area contributed by atoms with E-state index in [2.05, 4.69) is 57.5 Å². The van der Waals surface area contributed by atoms with E-state index in [-0.39, 0.29) is 22.7 Å². The lowest BCUT2D eigenvalue weighted by atomic mass is 9.60. The minimum Gasteiger partial charge on any atom is -0.299 e. The number of rotatable bonds is 0. The second kappa shape index (κ2) is 5.82. The summed E-state index contributed by atoms with van der Waals surface area (Å²) in [5, 5.41) is 0. The molecule has 9 atom stereocenters. The molecule has 0 radical (unpaired) electrons. The molecule has 0 spiro atoms. The Morgan fingerprint density at radius 3 is 1.72 bits per heavy atom. The van der Waals surface area contributed by atoms with E-state index in [4.69, 9.17) is 0 Å². The van der Waals surface area contributed by atoms with Gasteiger partial charge in [0.05, 0.1) is 0 Å². The Morgan fingerprint density at radius 2 is 1.20 bits per heavy atom. The third-order valence-corrected chi connectivity index (χ3v) is 9.62. The van der Waals surface area contributed by atoms with Crippen LogP contribution in [0.3, 0.4) is 0 Å². The highest BCUT2D eigenvalue weighted by molar-refractivity contribution is 9.09. The average molecular weight is 409 g/mol. The largest absolute Gasteiger partial charge is 0.299 e. The Morgan fingerprint density at radius 1 is 0.720 bits per heavy atom. The lowest BCUT2D eigenvalue weighted by Gasteiger charge is -2.47. The summed E-state index contributed by atoms with van der Waals surface area (Å²) in [6.07, 6.45) is 6.87. The Hall–Kier alpha value is 0.150. The molecule has 9 unspecified atom stereocenters. The lowest BCUT2D eigenvalue weighted by molar-refractivity contribution is -0.132. The van der Waals surface area contributed by atoms with E-state index >= 15 is 0 Å². The molecule has 4 aliphatic carbocycles. The second-order valence-corrected chi connectivity index (χ2v) is 13.0. The SMILES string of the molecule is CC(C)(C)C1C(=O)C(C(C)(C)C)C2C3CCC(Br)C4CCCC(C43)C21. The van der Waals surface area contributed by atoms with E-state index in [1.54, 1.807) is 0 Å². The van der Waals surface area contributed by atoms with Crippen molar-refractivity contribution in [2.75, 3.05) is 0 Å². The van der Waals surface area contributed by atoms with Gasteiger partial charge in [-0.05, 0) is 72.0 Å². The van der Waals surface area contributed by atoms with Gasteiger partial charge in [-0.15, -0.1) is 0 Å². The van der Waals surface area contributed by atoms with Gasteiger partial charge in [0.25, 0.3) is 0 Å². The molecular formula is C23H37BrO. The summed E-state index contributed by atoms with van der Waals surface area (Å²) < 4.78 is 0. The number of halogens is 1. The van der Waals surface area contributed by atoms with Crippen molar-refractivity contribution in [3.05, 3.63) is 0 Å². The van der Waals surface area contributed by atoms with Gasteiger partial charge in [-0.3, -0.25) is 4.79 Å². The molecule has 0 aliphatic heterocycles. The van der Waals surface area contributed by atoms with Gasteiger partial charge in [-0.25, -0.2) is 0 Å². The highest BCUT2D eigenvalue weighted by Gasteiger charge is 2.68. The van der Waals surface area contributed by atoms with Crippen molar-refractivity contribution < 1.29 is 4.79 Å². The van der Waals surface area contributed by atoms with Crippen molar-refractivity contribution in [3.8, 4) is 0 Å². The average Bonchev–Trinajstić information content (AvgIpc) is 2.94. The van der Waals surface area contributed by atoms with Crippen molar-refractivity contribution in [3.63, 3.8) is 0 Å². The van der Waals surface area contributed by atoms with Gasteiger partial charge in [0, 0.05) is 16.7 Å². The zero-order chi connectivity index (χ0) is 18.3. The minimum atomic E-state index is 0.105. The number of Topliss-reactive ketones (excluding diaryl/α,β-unsaturated/α-hetero) is 1. The van der Waals surface area contributed by atoms with Crippen LogP contribution in [0.25, 0.3) is 0 Å². The second-order valence-electron chi connectivity index (χ2n) is 11.8. The van der Waals surface area contributed by atoms with Gasteiger partial charge in [-0.2, -0.15) is 0 Å². The van der Waals surface area contributed by atoms with Crippen LogP contribution in [-0.4, -0.2) is 10.6 Å². The van der Waals surface area contributed by atoms with Crippen LogP contribution in [0.1, 0.15) is 73.6 Å². The van der Waals surface area contributed by atoms with Crippen LogP contribution in [-0.2, 0) is 4.79 Å². The van der Waals surface area contributed by atoms with E-state index in [1.807, 2.05) is 0 Å². The molecule has 2 heteroatoms. The van der Waals surface area contributed by atoms with Gasteiger partial charge in [0.15, 0.2) is 0 Å². The molecule has 1 nitrogen and oxygen atoms in total. The first-order chi connectivity index (χ1) is 11.5. The molecule has 0 aromatic heterocycles. The maximum atomic E-state index is 13.7. The number of carbonyl (C=O) groups excluding carboxylic acids is 1. The van der Waals surface area contributed by atoms with E-state index < -0.39 is 0 Å². The van der Waals surface area contributed by atoms with Crippen LogP contribution in [0.15, 0.2) is 0 Å². The molecule has 0 bridgehead atoms. The normalized spacial score (nSPS) is 49.9. The monoisotopic (exact) mass is 408 g/mol. The summed E-state index contributed by atoms with van der Waals surface area (Å²) in [5.74, 6) is 5.90. The third kappa shape index (κ3) is 2.63. The van der Waals surface area contributed by atoms with Crippen LogP contribution in [0.5, 0.6) is 0 Å². The Balaban J connectivity index is 1.82. The summed E-state index contributed by atoms with van der Waals surface area (Å²) in [7, 11) is 0. The molecule has 142 valence electrons. The number of carbonyl (C=O) groups is 1. The molecule has 0 heterocycles. The van der Waals surface area contributed by atoms with Crippen LogP contribution in [0, 0.1) is 58.2 Å². The number of ketones is 1. The highest BCUT2D eigenvalue weighted by Crippen LogP contribution is 2.69. The van der Waals surface area contributed by atoms with E-state index in [0.29, 0.717) is 17.6 Å². The van der Waals surface area contributed by atoms with E-state index in [0.717, 1.165) is 28.5 Å². The third-order valence-electron chi connectivity index (χ3n) is 8.48. The highest BCUT2D eigenvalue weighted by atomic mass is 79.9. The summed E-state index contributed by atoms with van der Waals surface area (Å²) in [6.45, 7) is 14.0. The molecule has 4 aliphatic rings. The molecule has 25 heavy (non-hydrogen) atoms. The summed E-state index contributed by atoms with van der Waals surface area (Å²) in [5.41, 5.74) is 0.211. The molecule has 0 amide bonds. The van der Waals surface area contributed by atoms with E-state index in [9.17, 15) is 4.79 Å². The van der Waals surface area contributed by atoms with Crippen LogP contribution in [0.4, 0.5) is 0 Å². The molecule has 0 N–H and O–H groups in total. The van der Waals surface area contributed by atoms with Crippen molar-refractivity contribution in [2.45, 2.75) is 78.5 Å². The van der Waals surface area contributed by atoms with Crippen molar-refractivity contribution in [1.82, 2.24) is 0 Å². The minimum absolute atomic E-state index is 0.105. The van der Waals surface area contributed by atoms with Crippen LogP contribution < -0.4 is 0 Å². The quantitative estimate of drug-likeness (QED) is 0.426. The maximum absolute atomic E-state index is 13.7. The fourth-order valence-electron chi connectivity index (χ4n) is 8.10. The van der Waals surface area contributed by atoms with Crippen molar-refractivity contribution >= 4 is 21.7 Å². The zero-order valence-corrected chi connectivity index (χ0v) is 18.6. The van der Waals surface area contributed by atoms with E-state index in [1.165, 1.54) is 32.1 Å². The number of hydrogen-bond donors (Lipinski definition) is 0. The predicted octanol–water partition coefficient (Wildman–Crippen LogP) is 6.35. The molecule has 4 fully saturated rings. The maximum Gasteiger partial charge on any atom is 0.140 e. The first kappa shape index (κ1) is 18.5. The van der Waals surface area contributed by atoms with Gasteiger partial charge >= 0.3 is 0 Å². The molecule has 0 aromatic rings. The van der Waals surface area contributed by atoms with Crippen molar-refractivity contribution in [1.29, 1.82) is 0 Å². The molecule has 0 saturated heterocycles. The summed E-state index contributed by atoms with van der Waals surface area (Å²) in [6, 6.07) is 0. The molecular weight excluding hydrogens is 372 g/mol. The first-order valence-electron chi connectivity index (χ1n) is 10.7. The lowest BCUT2D eigenvalue weighted by Crippen LogP contribution is -2.44.